The lowest BCUT2D eigenvalue weighted by atomic mass is 10.0. The van der Waals surface area contributed by atoms with Gasteiger partial charge in [-0.3, -0.25) is 0 Å². The number of hydrogen-bond acceptors (Lipinski definition) is 3. The molecule has 90 valence electrons. The number of hydrogen-bond donors (Lipinski definition) is 1. The van der Waals surface area contributed by atoms with Gasteiger partial charge >= 0.3 is 0 Å². The zero-order valence-electron chi connectivity index (χ0n) is 9.56. The van der Waals surface area contributed by atoms with Gasteiger partial charge in [0.1, 0.15) is 6.07 Å². The molecule has 1 aromatic rings. The van der Waals surface area contributed by atoms with E-state index in [1.165, 1.54) is 0 Å². The van der Waals surface area contributed by atoms with E-state index in [9.17, 15) is 5.11 Å². The van der Waals surface area contributed by atoms with Gasteiger partial charge in [-0.25, -0.2) is 0 Å². The summed E-state index contributed by atoms with van der Waals surface area (Å²) >= 11 is 6.03. The molecule has 0 spiro atoms. The van der Waals surface area contributed by atoms with Gasteiger partial charge < -0.3 is 10.0 Å². The molecule has 1 heterocycles. The molecule has 0 bridgehead atoms. The van der Waals surface area contributed by atoms with Gasteiger partial charge in [-0.15, -0.1) is 0 Å². The van der Waals surface area contributed by atoms with Gasteiger partial charge in [-0.1, -0.05) is 17.7 Å². The first-order valence-corrected chi connectivity index (χ1v) is 6.22. The Balaban J connectivity index is 2.38. The van der Waals surface area contributed by atoms with Crippen LogP contribution in [0.15, 0.2) is 18.2 Å². The van der Waals surface area contributed by atoms with E-state index >= 15 is 0 Å². The summed E-state index contributed by atoms with van der Waals surface area (Å²) in [6.45, 7) is 0.998. The maximum Gasteiger partial charge on any atom is 0.103 e. The molecular weight excluding hydrogens is 236 g/mol. The highest BCUT2D eigenvalue weighted by Gasteiger charge is 2.24. The van der Waals surface area contributed by atoms with Crippen LogP contribution in [-0.4, -0.2) is 24.3 Å². The standard InChI is InChI=1S/C13H15ClN2O/c14-12-5-3-6-13(11(12)8-15)16-7-2-1-4-10(16)9-17/h3,5-6,10,17H,1-2,4,7,9H2. The number of aliphatic hydroxyl groups is 1. The second-order valence-corrected chi connectivity index (χ2v) is 4.68. The van der Waals surface area contributed by atoms with Crippen LogP contribution in [0.1, 0.15) is 24.8 Å². The van der Waals surface area contributed by atoms with Crippen LogP contribution in [-0.2, 0) is 0 Å². The maximum absolute atomic E-state index is 9.40. The molecule has 1 fully saturated rings. The van der Waals surface area contributed by atoms with Crippen LogP contribution in [0.5, 0.6) is 0 Å². The van der Waals surface area contributed by atoms with Gasteiger partial charge in [-0.2, -0.15) is 5.26 Å². The summed E-state index contributed by atoms with van der Waals surface area (Å²) in [4.78, 5) is 2.11. The quantitative estimate of drug-likeness (QED) is 0.878. The van der Waals surface area contributed by atoms with E-state index in [1.807, 2.05) is 12.1 Å². The average molecular weight is 251 g/mol. The van der Waals surface area contributed by atoms with Crippen molar-refractivity contribution in [1.82, 2.24) is 0 Å². The van der Waals surface area contributed by atoms with Crippen molar-refractivity contribution in [2.24, 2.45) is 0 Å². The largest absolute Gasteiger partial charge is 0.394 e. The number of anilines is 1. The summed E-state index contributed by atoms with van der Waals surface area (Å²) in [6, 6.07) is 7.73. The third-order valence-corrected chi connectivity index (χ3v) is 3.57. The second-order valence-electron chi connectivity index (χ2n) is 4.27. The lowest BCUT2D eigenvalue weighted by Crippen LogP contribution is -2.42. The Morgan fingerprint density at radius 2 is 2.29 bits per heavy atom. The number of halogens is 1. The minimum absolute atomic E-state index is 0.106. The molecule has 4 heteroatoms. The molecule has 3 nitrogen and oxygen atoms in total. The summed E-state index contributed by atoms with van der Waals surface area (Å²) in [6.07, 6.45) is 3.19. The number of aliphatic hydroxyl groups excluding tert-OH is 1. The predicted octanol–water partition coefficient (Wildman–Crippen LogP) is 2.56. The van der Waals surface area contributed by atoms with Gasteiger partial charge in [0.2, 0.25) is 0 Å². The fourth-order valence-corrected chi connectivity index (χ4v) is 2.58. The molecule has 0 aliphatic carbocycles. The summed E-state index contributed by atoms with van der Waals surface area (Å²) in [7, 11) is 0. The summed E-state index contributed by atoms with van der Waals surface area (Å²) in [5.74, 6) is 0. The first-order chi connectivity index (χ1) is 8.27. The smallest absolute Gasteiger partial charge is 0.103 e. The molecule has 0 saturated carbocycles. The number of nitriles is 1. The zero-order chi connectivity index (χ0) is 12.3. The molecule has 17 heavy (non-hydrogen) atoms. The number of nitrogens with zero attached hydrogens (tertiary/aromatic N) is 2. The molecule has 1 aliphatic rings. The van der Waals surface area contributed by atoms with E-state index in [4.69, 9.17) is 16.9 Å². The SMILES string of the molecule is N#Cc1c(Cl)cccc1N1CCCCC1CO. The molecular formula is C13H15ClN2O. The fraction of sp³-hybridized carbons (Fsp3) is 0.462. The van der Waals surface area contributed by atoms with Gasteiger partial charge in [-0.05, 0) is 31.4 Å². The maximum atomic E-state index is 9.40. The highest BCUT2D eigenvalue weighted by atomic mass is 35.5. The average Bonchev–Trinajstić information content (AvgIpc) is 2.38. The Kier molecular flexibility index (Phi) is 3.88. The van der Waals surface area contributed by atoms with Crippen LogP contribution in [0.4, 0.5) is 5.69 Å². The van der Waals surface area contributed by atoms with E-state index in [0.29, 0.717) is 10.6 Å². The topological polar surface area (TPSA) is 47.3 Å². The normalized spacial score (nSPS) is 20.1. The minimum Gasteiger partial charge on any atom is -0.394 e. The van der Waals surface area contributed by atoms with Crippen LogP contribution < -0.4 is 4.90 Å². The van der Waals surface area contributed by atoms with E-state index in [0.717, 1.165) is 31.5 Å². The monoisotopic (exact) mass is 250 g/mol. The van der Waals surface area contributed by atoms with Crippen molar-refractivity contribution < 1.29 is 5.11 Å². The molecule has 1 unspecified atom stereocenters. The Morgan fingerprint density at radius 3 is 3.00 bits per heavy atom. The molecule has 2 rings (SSSR count). The van der Waals surface area contributed by atoms with Crippen molar-refractivity contribution in [2.75, 3.05) is 18.1 Å². The van der Waals surface area contributed by atoms with Crippen molar-refractivity contribution in [3.8, 4) is 6.07 Å². The molecule has 0 radical (unpaired) electrons. The minimum atomic E-state index is 0.106. The summed E-state index contributed by atoms with van der Waals surface area (Å²) in [5, 5.41) is 19.0. The zero-order valence-corrected chi connectivity index (χ0v) is 10.3. The van der Waals surface area contributed by atoms with Crippen molar-refractivity contribution in [3.63, 3.8) is 0 Å². The van der Waals surface area contributed by atoms with Gasteiger partial charge in [0, 0.05) is 6.54 Å². The number of benzene rings is 1. The van der Waals surface area contributed by atoms with Crippen molar-refractivity contribution in [1.29, 1.82) is 5.26 Å². The molecule has 1 aliphatic heterocycles. The second kappa shape index (κ2) is 5.39. The van der Waals surface area contributed by atoms with Gasteiger partial charge in [0.25, 0.3) is 0 Å². The Bertz CT molecular complexity index is 442. The summed E-state index contributed by atoms with van der Waals surface area (Å²) in [5.41, 5.74) is 1.35. The number of rotatable bonds is 2. The lowest BCUT2D eigenvalue weighted by molar-refractivity contribution is 0.240. The third-order valence-electron chi connectivity index (χ3n) is 3.25. The highest BCUT2D eigenvalue weighted by molar-refractivity contribution is 6.32. The van der Waals surface area contributed by atoms with Crippen LogP contribution in [0, 0.1) is 11.3 Å². The van der Waals surface area contributed by atoms with Crippen molar-refractivity contribution in [2.45, 2.75) is 25.3 Å². The number of piperidine rings is 1. The van der Waals surface area contributed by atoms with Crippen LogP contribution in [0.2, 0.25) is 5.02 Å². The molecule has 0 aromatic heterocycles. The first-order valence-electron chi connectivity index (χ1n) is 5.84. The predicted molar refractivity (Wildman–Crippen MR) is 68.2 cm³/mol. The van der Waals surface area contributed by atoms with E-state index in [2.05, 4.69) is 11.0 Å². The molecule has 1 saturated heterocycles. The highest BCUT2D eigenvalue weighted by Crippen LogP contribution is 2.31. The van der Waals surface area contributed by atoms with Crippen LogP contribution >= 0.6 is 11.6 Å². The Morgan fingerprint density at radius 1 is 1.47 bits per heavy atom. The van der Waals surface area contributed by atoms with Crippen LogP contribution in [0.3, 0.4) is 0 Å². The van der Waals surface area contributed by atoms with Crippen molar-refractivity contribution >= 4 is 17.3 Å². The Hall–Kier alpha value is -1.24. The van der Waals surface area contributed by atoms with E-state index in [1.54, 1.807) is 6.07 Å². The van der Waals surface area contributed by atoms with E-state index in [-0.39, 0.29) is 12.6 Å². The molecule has 1 aromatic carbocycles. The fourth-order valence-electron chi connectivity index (χ4n) is 2.37. The van der Waals surface area contributed by atoms with Gasteiger partial charge in [0.05, 0.1) is 28.9 Å². The lowest BCUT2D eigenvalue weighted by Gasteiger charge is -2.37. The molecule has 1 N–H and O–H groups in total. The third kappa shape index (κ3) is 2.38. The first kappa shape index (κ1) is 12.2. The van der Waals surface area contributed by atoms with Gasteiger partial charge in [0.15, 0.2) is 0 Å². The summed E-state index contributed by atoms with van der Waals surface area (Å²) < 4.78 is 0. The Labute approximate surface area is 106 Å². The van der Waals surface area contributed by atoms with E-state index < -0.39 is 0 Å². The van der Waals surface area contributed by atoms with Crippen molar-refractivity contribution in [3.05, 3.63) is 28.8 Å². The van der Waals surface area contributed by atoms with Crippen LogP contribution in [0.25, 0.3) is 0 Å². The molecule has 1 atom stereocenters. The molecule has 0 amide bonds.